The quantitative estimate of drug-likeness (QED) is 0.555. The number of rotatable bonds is 1. The molecule has 1 aliphatic rings. The Kier molecular flexibility index (Phi) is 4.19. The van der Waals surface area contributed by atoms with Crippen LogP contribution in [0.15, 0.2) is 0 Å². The summed E-state index contributed by atoms with van der Waals surface area (Å²) in [6.07, 6.45) is 3.20. The van der Waals surface area contributed by atoms with Crippen molar-refractivity contribution in [2.45, 2.75) is 65.0 Å². The summed E-state index contributed by atoms with van der Waals surface area (Å²) in [5.41, 5.74) is -0.556. The van der Waals surface area contributed by atoms with E-state index in [9.17, 15) is 10.0 Å². The van der Waals surface area contributed by atoms with Crippen LogP contribution in [0.4, 0.5) is 4.79 Å². The molecule has 16 heavy (non-hydrogen) atoms. The normalized spacial score (nSPS) is 26.3. The van der Waals surface area contributed by atoms with Gasteiger partial charge in [-0.15, -0.1) is 0 Å². The summed E-state index contributed by atoms with van der Waals surface area (Å²) in [6, 6.07) is -0.0777. The molecule has 0 aromatic carbocycles. The monoisotopic (exact) mass is 229 g/mol. The van der Waals surface area contributed by atoms with Gasteiger partial charge in [-0.05, 0) is 52.4 Å². The van der Waals surface area contributed by atoms with Crippen LogP contribution in [0, 0.1) is 5.92 Å². The Bertz CT molecular complexity index is 239. The highest BCUT2D eigenvalue weighted by molar-refractivity contribution is 5.67. The van der Waals surface area contributed by atoms with Crippen molar-refractivity contribution in [3.05, 3.63) is 0 Å². The van der Waals surface area contributed by atoms with Gasteiger partial charge in [0, 0.05) is 0 Å². The highest BCUT2D eigenvalue weighted by Crippen LogP contribution is 2.27. The van der Waals surface area contributed by atoms with Crippen LogP contribution in [-0.2, 0) is 4.74 Å². The fourth-order valence-electron chi connectivity index (χ4n) is 1.94. The van der Waals surface area contributed by atoms with Crippen molar-refractivity contribution in [2.75, 3.05) is 0 Å². The van der Waals surface area contributed by atoms with E-state index in [0.29, 0.717) is 5.92 Å². The smallest absolute Gasteiger partial charge is 0.434 e. The van der Waals surface area contributed by atoms with Crippen molar-refractivity contribution in [2.24, 2.45) is 5.92 Å². The average molecular weight is 229 g/mol. The van der Waals surface area contributed by atoms with Gasteiger partial charge in [0.15, 0.2) is 0 Å². The maximum absolute atomic E-state index is 11.6. The Hall–Kier alpha value is -0.770. The standard InChI is InChI=1S/C12H23NO3/c1-9-5-7-10(8-6-9)13(15)11(14)16-12(2,3)4/h9-10,15H,5-8H2,1-4H3. The first-order valence-electron chi connectivity index (χ1n) is 6.00. The summed E-state index contributed by atoms with van der Waals surface area (Å²) in [6.45, 7) is 7.58. The first kappa shape index (κ1) is 13.3. The van der Waals surface area contributed by atoms with Gasteiger partial charge in [0.2, 0.25) is 0 Å². The van der Waals surface area contributed by atoms with E-state index in [0.717, 1.165) is 30.7 Å². The molecule has 1 aliphatic carbocycles. The van der Waals surface area contributed by atoms with Crippen molar-refractivity contribution >= 4 is 6.09 Å². The number of amides is 1. The van der Waals surface area contributed by atoms with E-state index in [1.165, 1.54) is 0 Å². The number of carbonyl (C=O) groups is 1. The van der Waals surface area contributed by atoms with Gasteiger partial charge in [0.1, 0.15) is 5.60 Å². The number of nitrogens with zero attached hydrogens (tertiary/aromatic N) is 1. The number of hydrogen-bond donors (Lipinski definition) is 1. The SMILES string of the molecule is CC1CCC(N(O)C(=O)OC(C)(C)C)CC1. The molecule has 0 saturated heterocycles. The molecule has 94 valence electrons. The lowest BCUT2D eigenvalue weighted by Gasteiger charge is -2.32. The van der Waals surface area contributed by atoms with Gasteiger partial charge < -0.3 is 4.74 Å². The molecule has 4 heteroatoms. The van der Waals surface area contributed by atoms with Crippen molar-refractivity contribution in [1.29, 1.82) is 0 Å². The molecule has 1 saturated carbocycles. The lowest BCUT2D eigenvalue weighted by Crippen LogP contribution is -2.42. The highest BCUT2D eigenvalue weighted by Gasteiger charge is 2.29. The Morgan fingerprint density at radius 2 is 1.75 bits per heavy atom. The van der Waals surface area contributed by atoms with Crippen LogP contribution < -0.4 is 0 Å². The van der Waals surface area contributed by atoms with Gasteiger partial charge in [-0.25, -0.2) is 4.79 Å². The van der Waals surface area contributed by atoms with Gasteiger partial charge in [0.05, 0.1) is 6.04 Å². The van der Waals surface area contributed by atoms with Crippen LogP contribution in [0.5, 0.6) is 0 Å². The predicted octanol–water partition coefficient (Wildman–Crippen LogP) is 3.19. The zero-order valence-corrected chi connectivity index (χ0v) is 10.7. The molecule has 0 aromatic rings. The van der Waals surface area contributed by atoms with E-state index in [4.69, 9.17) is 4.74 Å². The number of hydroxylamine groups is 2. The second kappa shape index (κ2) is 5.04. The number of ether oxygens (including phenoxy) is 1. The van der Waals surface area contributed by atoms with E-state index in [-0.39, 0.29) is 6.04 Å². The summed E-state index contributed by atoms with van der Waals surface area (Å²) >= 11 is 0. The Labute approximate surface area is 97.5 Å². The molecule has 0 aromatic heterocycles. The van der Waals surface area contributed by atoms with Gasteiger partial charge in [-0.3, -0.25) is 5.21 Å². The van der Waals surface area contributed by atoms with Crippen molar-refractivity contribution in [3.63, 3.8) is 0 Å². The summed E-state index contributed by atoms with van der Waals surface area (Å²) in [5.74, 6) is 0.697. The summed E-state index contributed by atoms with van der Waals surface area (Å²) < 4.78 is 5.12. The van der Waals surface area contributed by atoms with Gasteiger partial charge in [-0.1, -0.05) is 6.92 Å². The van der Waals surface area contributed by atoms with Crippen molar-refractivity contribution < 1.29 is 14.7 Å². The van der Waals surface area contributed by atoms with Crippen LogP contribution in [0.2, 0.25) is 0 Å². The maximum Gasteiger partial charge on any atom is 0.434 e. The maximum atomic E-state index is 11.6. The Balaban J connectivity index is 2.45. The van der Waals surface area contributed by atoms with Crippen LogP contribution in [0.1, 0.15) is 53.4 Å². The van der Waals surface area contributed by atoms with E-state index in [1.54, 1.807) is 20.8 Å². The second-order valence-electron chi connectivity index (χ2n) is 5.74. The van der Waals surface area contributed by atoms with Gasteiger partial charge in [0.25, 0.3) is 0 Å². The molecule has 1 amide bonds. The highest BCUT2D eigenvalue weighted by atomic mass is 16.6. The molecule has 0 bridgehead atoms. The van der Waals surface area contributed by atoms with E-state index in [1.807, 2.05) is 0 Å². The zero-order valence-electron chi connectivity index (χ0n) is 10.7. The van der Waals surface area contributed by atoms with E-state index < -0.39 is 11.7 Å². The molecule has 1 N–H and O–H groups in total. The minimum atomic E-state index is -0.632. The average Bonchev–Trinajstić information content (AvgIpc) is 2.15. The molecule has 0 spiro atoms. The first-order chi connectivity index (χ1) is 7.29. The fourth-order valence-corrected chi connectivity index (χ4v) is 1.94. The molecule has 1 fully saturated rings. The number of hydrogen-bond acceptors (Lipinski definition) is 3. The number of carbonyl (C=O) groups excluding carboxylic acids is 1. The van der Waals surface area contributed by atoms with Gasteiger partial charge >= 0.3 is 6.09 Å². The van der Waals surface area contributed by atoms with Crippen LogP contribution in [0.3, 0.4) is 0 Å². The van der Waals surface area contributed by atoms with Crippen LogP contribution in [0.25, 0.3) is 0 Å². The van der Waals surface area contributed by atoms with Crippen LogP contribution in [-0.4, -0.2) is 28.0 Å². The first-order valence-corrected chi connectivity index (χ1v) is 6.00. The van der Waals surface area contributed by atoms with Crippen LogP contribution >= 0.6 is 0 Å². The predicted molar refractivity (Wildman–Crippen MR) is 61.3 cm³/mol. The third-order valence-corrected chi connectivity index (χ3v) is 2.91. The lowest BCUT2D eigenvalue weighted by molar-refractivity contribution is -0.128. The van der Waals surface area contributed by atoms with Crippen molar-refractivity contribution in [1.82, 2.24) is 5.06 Å². The van der Waals surface area contributed by atoms with E-state index >= 15 is 0 Å². The largest absolute Gasteiger partial charge is 0.442 e. The Morgan fingerprint density at radius 1 is 1.25 bits per heavy atom. The van der Waals surface area contributed by atoms with E-state index in [2.05, 4.69) is 6.92 Å². The lowest BCUT2D eigenvalue weighted by atomic mass is 9.87. The molecule has 1 rings (SSSR count). The molecule has 0 atom stereocenters. The molecule has 4 nitrogen and oxygen atoms in total. The molecule has 0 aliphatic heterocycles. The third kappa shape index (κ3) is 4.00. The second-order valence-corrected chi connectivity index (χ2v) is 5.74. The molecule has 0 radical (unpaired) electrons. The summed E-state index contributed by atoms with van der Waals surface area (Å²) in [5, 5.41) is 10.5. The van der Waals surface area contributed by atoms with Crippen molar-refractivity contribution in [3.8, 4) is 0 Å². The molecular weight excluding hydrogens is 206 g/mol. The Morgan fingerprint density at radius 3 is 2.19 bits per heavy atom. The minimum Gasteiger partial charge on any atom is -0.442 e. The zero-order chi connectivity index (χ0) is 12.3. The van der Waals surface area contributed by atoms with Gasteiger partial charge in [-0.2, -0.15) is 5.06 Å². The summed E-state index contributed by atoms with van der Waals surface area (Å²) in [7, 11) is 0. The molecular formula is C12H23NO3. The third-order valence-electron chi connectivity index (χ3n) is 2.91. The molecule has 0 unspecified atom stereocenters. The summed E-state index contributed by atoms with van der Waals surface area (Å²) in [4.78, 5) is 11.6. The fraction of sp³-hybridized carbons (Fsp3) is 0.917. The molecule has 0 heterocycles. The minimum absolute atomic E-state index is 0.0777. The topological polar surface area (TPSA) is 49.8 Å².